The Bertz CT molecular complexity index is 589. The number of hydrogen-bond acceptors (Lipinski definition) is 3. The molecule has 0 aliphatic carbocycles. The number of nitrogens with zero attached hydrogens (tertiary/aromatic N) is 4. The smallest absolute Gasteiger partial charge is 0.133 e. The summed E-state index contributed by atoms with van der Waals surface area (Å²) in [5.41, 5.74) is 8.19. The van der Waals surface area contributed by atoms with Gasteiger partial charge in [0.2, 0.25) is 0 Å². The molecule has 2 aromatic heterocycles. The fourth-order valence-corrected chi connectivity index (χ4v) is 2.50. The highest BCUT2D eigenvalue weighted by Gasteiger charge is 2.22. The zero-order valence-electron chi connectivity index (χ0n) is 13.3. The quantitative estimate of drug-likeness (QED) is 0.927. The first-order valence-corrected chi connectivity index (χ1v) is 7.24. The van der Waals surface area contributed by atoms with Crippen molar-refractivity contribution in [3.63, 3.8) is 0 Å². The first-order chi connectivity index (χ1) is 9.34. The monoisotopic (exact) mass is 275 g/mol. The van der Waals surface area contributed by atoms with Crippen LogP contribution < -0.4 is 5.73 Å². The average molecular weight is 275 g/mol. The van der Waals surface area contributed by atoms with E-state index in [-0.39, 0.29) is 0 Å². The van der Waals surface area contributed by atoms with Gasteiger partial charge < -0.3 is 14.9 Å². The van der Waals surface area contributed by atoms with E-state index in [1.165, 1.54) is 0 Å². The Kier molecular flexibility index (Phi) is 3.88. The first kappa shape index (κ1) is 14.6. The Labute approximate surface area is 120 Å². The van der Waals surface area contributed by atoms with Gasteiger partial charge in [0.15, 0.2) is 0 Å². The topological polar surface area (TPSA) is 61.7 Å². The van der Waals surface area contributed by atoms with E-state index in [0.717, 1.165) is 23.0 Å². The van der Waals surface area contributed by atoms with Gasteiger partial charge in [-0.3, -0.25) is 0 Å². The molecule has 0 radical (unpaired) electrons. The number of imidazole rings is 2. The fourth-order valence-electron chi connectivity index (χ4n) is 2.50. The zero-order valence-corrected chi connectivity index (χ0v) is 13.3. The second kappa shape index (κ2) is 5.31. The number of rotatable bonds is 4. The summed E-state index contributed by atoms with van der Waals surface area (Å²) in [6.45, 7) is 12.8. The molecule has 0 saturated heterocycles. The van der Waals surface area contributed by atoms with E-state index in [9.17, 15) is 0 Å². The lowest BCUT2D eigenvalue weighted by Crippen LogP contribution is -2.10. The molecule has 0 spiro atoms. The number of nitrogen functional groups attached to an aromatic ring is 1. The van der Waals surface area contributed by atoms with E-state index in [1.807, 2.05) is 12.5 Å². The molecule has 0 atom stereocenters. The molecule has 5 nitrogen and oxygen atoms in total. The van der Waals surface area contributed by atoms with Gasteiger partial charge in [0.05, 0.1) is 18.2 Å². The molecule has 5 heteroatoms. The summed E-state index contributed by atoms with van der Waals surface area (Å²) in [7, 11) is 0. The molecule has 0 aliphatic rings. The van der Waals surface area contributed by atoms with Crippen LogP contribution in [0.4, 0.5) is 5.82 Å². The Balaban J connectivity index is 2.64. The Morgan fingerprint density at radius 1 is 1.05 bits per heavy atom. The molecule has 2 rings (SSSR count). The molecule has 0 amide bonds. The molecular weight excluding hydrogens is 250 g/mol. The van der Waals surface area contributed by atoms with E-state index in [1.54, 1.807) is 0 Å². The summed E-state index contributed by atoms with van der Waals surface area (Å²) < 4.78 is 4.23. The molecule has 0 saturated carbocycles. The molecule has 0 bridgehead atoms. The minimum atomic E-state index is 0.295. The number of nitrogens with two attached hydrogens (primary N) is 1. The summed E-state index contributed by atoms with van der Waals surface area (Å²) in [5, 5.41) is 0. The Morgan fingerprint density at radius 3 is 2.15 bits per heavy atom. The largest absolute Gasteiger partial charge is 0.383 e. The van der Waals surface area contributed by atoms with Gasteiger partial charge in [-0.05, 0) is 27.7 Å². The summed E-state index contributed by atoms with van der Waals surface area (Å²) in [6.07, 6.45) is 3.68. The predicted octanol–water partition coefficient (Wildman–Crippen LogP) is 3.61. The molecule has 2 heterocycles. The maximum atomic E-state index is 6.36. The van der Waals surface area contributed by atoms with Crippen molar-refractivity contribution >= 4 is 5.82 Å². The molecule has 20 heavy (non-hydrogen) atoms. The second-order valence-corrected chi connectivity index (χ2v) is 6.10. The number of aromatic nitrogens is 4. The predicted molar refractivity (Wildman–Crippen MR) is 82.7 cm³/mol. The van der Waals surface area contributed by atoms with Crippen LogP contribution in [-0.4, -0.2) is 19.1 Å². The Morgan fingerprint density at radius 2 is 1.70 bits per heavy atom. The van der Waals surface area contributed by atoms with Crippen LogP contribution >= 0.6 is 0 Å². The van der Waals surface area contributed by atoms with Gasteiger partial charge in [0, 0.05) is 18.0 Å². The standard InChI is InChI=1S/C15H25N5/c1-9(2)15-18-13(14(16)20(15)11(5)6)12-7-17-8-19(12)10(3)4/h7-11H,16H2,1-6H3. The molecular formula is C15H25N5. The number of anilines is 1. The van der Waals surface area contributed by atoms with Crippen LogP contribution in [-0.2, 0) is 0 Å². The molecule has 110 valence electrons. The summed E-state index contributed by atoms with van der Waals surface area (Å²) >= 11 is 0. The molecule has 0 fully saturated rings. The lowest BCUT2D eigenvalue weighted by Gasteiger charge is -2.15. The SMILES string of the molecule is CC(C)c1nc(-c2cncn2C(C)C)c(N)n1C(C)C. The fraction of sp³-hybridized carbons (Fsp3) is 0.600. The van der Waals surface area contributed by atoms with Crippen molar-refractivity contribution in [3.05, 3.63) is 18.3 Å². The van der Waals surface area contributed by atoms with Gasteiger partial charge in [0.25, 0.3) is 0 Å². The second-order valence-electron chi connectivity index (χ2n) is 6.10. The van der Waals surface area contributed by atoms with Crippen LogP contribution in [0.5, 0.6) is 0 Å². The molecule has 2 aromatic rings. The summed E-state index contributed by atoms with van der Waals surface area (Å²) in [5.74, 6) is 2.10. The maximum Gasteiger partial charge on any atom is 0.133 e. The lowest BCUT2D eigenvalue weighted by atomic mass is 10.2. The van der Waals surface area contributed by atoms with E-state index < -0.39 is 0 Å². The minimum Gasteiger partial charge on any atom is -0.383 e. The van der Waals surface area contributed by atoms with Crippen molar-refractivity contribution in [3.8, 4) is 11.4 Å². The third-order valence-electron chi connectivity index (χ3n) is 3.47. The van der Waals surface area contributed by atoms with Crippen LogP contribution in [0.25, 0.3) is 11.4 Å². The van der Waals surface area contributed by atoms with Crippen molar-refractivity contribution in [2.75, 3.05) is 5.73 Å². The van der Waals surface area contributed by atoms with Crippen LogP contribution in [0.15, 0.2) is 12.5 Å². The molecule has 0 aliphatic heterocycles. The van der Waals surface area contributed by atoms with E-state index in [2.05, 4.69) is 55.7 Å². The average Bonchev–Trinajstić information content (AvgIpc) is 2.91. The summed E-state index contributed by atoms with van der Waals surface area (Å²) in [4.78, 5) is 9.04. The highest BCUT2D eigenvalue weighted by Crippen LogP contribution is 2.32. The van der Waals surface area contributed by atoms with Crippen LogP contribution in [0, 0.1) is 0 Å². The van der Waals surface area contributed by atoms with Gasteiger partial charge in [-0.25, -0.2) is 9.97 Å². The van der Waals surface area contributed by atoms with E-state index in [4.69, 9.17) is 10.7 Å². The molecule has 0 unspecified atom stereocenters. The third kappa shape index (κ3) is 2.32. The molecule has 0 aromatic carbocycles. The highest BCUT2D eigenvalue weighted by molar-refractivity contribution is 5.68. The summed E-state index contributed by atoms with van der Waals surface area (Å²) in [6, 6.07) is 0.627. The van der Waals surface area contributed by atoms with Crippen molar-refractivity contribution in [1.82, 2.24) is 19.1 Å². The van der Waals surface area contributed by atoms with Crippen molar-refractivity contribution in [1.29, 1.82) is 0 Å². The van der Waals surface area contributed by atoms with Crippen LogP contribution in [0.1, 0.15) is 65.4 Å². The minimum absolute atomic E-state index is 0.295. The van der Waals surface area contributed by atoms with Crippen molar-refractivity contribution < 1.29 is 0 Å². The van der Waals surface area contributed by atoms with Gasteiger partial charge >= 0.3 is 0 Å². The van der Waals surface area contributed by atoms with Gasteiger partial charge in [-0.1, -0.05) is 13.8 Å². The van der Waals surface area contributed by atoms with E-state index >= 15 is 0 Å². The molecule has 2 N–H and O–H groups in total. The van der Waals surface area contributed by atoms with Gasteiger partial charge in [0.1, 0.15) is 17.3 Å². The van der Waals surface area contributed by atoms with Crippen molar-refractivity contribution in [2.45, 2.75) is 59.5 Å². The van der Waals surface area contributed by atoms with Crippen LogP contribution in [0.3, 0.4) is 0 Å². The highest BCUT2D eigenvalue weighted by atomic mass is 15.2. The van der Waals surface area contributed by atoms with Crippen molar-refractivity contribution in [2.24, 2.45) is 0 Å². The lowest BCUT2D eigenvalue weighted by molar-refractivity contribution is 0.556. The third-order valence-corrected chi connectivity index (χ3v) is 3.47. The first-order valence-electron chi connectivity index (χ1n) is 7.24. The normalized spacial score (nSPS) is 12.1. The van der Waals surface area contributed by atoms with Gasteiger partial charge in [-0.2, -0.15) is 0 Å². The maximum absolute atomic E-state index is 6.36. The zero-order chi connectivity index (χ0) is 15.0. The van der Waals surface area contributed by atoms with Crippen LogP contribution in [0.2, 0.25) is 0 Å². The number of hydrogen-bond donors (Lipinski definition) is 1. The van der Waals surface area contributed by atoms with E-state index in [0.29, 0.717) is 18.0 Å². The van der Waals surface area contributed by atoms with Gasteiger partial charge in [-0.15, -0.1) is 0 Å². The Hall–Kier alpha value is -1.78.